The van der Waals surface area contributed by atoms with Crippen LogP contribution < -0.4 is 9.47 Å². The molecular weight excluding hydrogens is 272 g/mol. The van der Waals surface area contributed by atoms with E-state index in [1.54, 1.807) is 6.07 Å². The molecule has 0 aliphatic rings. The number of aromatic carboxylic acids is 1. The van der Waals surface area contributed by atoms with Gasteiger partial charge in [-0.3, -0.25) is 4.68 Å². The van der Waals surface area contributed by atoms with Crippen LogP contribution in [0.2, 0.25) is 0 Å². The zero-order chi connectivity index (χ0) is 15.4. The lowest BCUT2D eigenvalue weighted by Crippen LogP contribution is -2.07. The first-order chi connectivity index (χ1) is 10.0. The minimum absolute atomic E-state index is 0.161. The van der Waals surface area contributed by atoms with Crippen LogP contribution in [0.15, 0.2) is 24.3 Å². The Kier molecular flexibility index (Phi) is 4.47. The summed E-state index contributed by atoms with van der Waals surface area (Å²) in [6.07, 6.45) is 0. The summed E-state index contributed by atoms with van der Waals surface area (Å²) in [7, 11) is 1.48. The molecule has 0 amide bonds. The molecule has 0 aliphatic carbocycles. The molecule has 6 heteroatoms. The van der Waals surface area contributed by atoms with Crippen molar-refractivity contribution in [2.45, 2.75) is 27.0 Å². The van der Waals surface area contributed by atoms with E-state index < -0.39 is 5.97 Å². The fourth-order valence-electron chi connectivity index (χ4n) is 2.06. The van der Waals surface area contributed by atoms with Gasteiger partial charge in [-0.15, -0.1) is 0 Å². The van der Waals surface area contributed by atoms with E-state index in [1.807, 2.05) is 24.6 Å². The Bertz CT molecular complexity index is 649. The number of hydrogen-bond donors (Lipinski definition) is 1. The molecule has 21 heavy (non-hydrogen) atoms. The molecule has 0 unspecified atom stereocenters. The third kappa shape index (κ3) is 3.34. The summed E-state index contributed by atoms with van der Waals surface area (Å²) in [6, 6.07) is 6.49. The predicted molar refractivity (Wildman–Crippen MR) is 76.9 cm³/mol. The average Bonchev–Trinajstić information content (AvgIpc) is 2.84. The molecule has 112 valence electrons. The first kappa shape index (κ1) is 14.9. The van der Waals surface area contributed by atoms with E-state index in [0.29, 0.717) is 18.1 Å². The monoisotopic (exact) mass is 290 g/mol. The van der Waals surface area contributed by atoms with Crippen molar-refractivity contribution in [3.8, 4) is 11.5 Å². The highest BCUT2D eigenvalue weighted by Crippen LogP contribution is 2.28. The quantitative estimate of drug-likeness (QED) is 0.884. The van der Waals surface area contributed by atoms with Crippen LogP contribution in [0.3, 0.4) is 0 Å². The summed E-state index contributed by atoms with van der Waals surface area (Å²) >= 11 is 0. The third-order valence-corrected chi connectivity index (χ3v) is 3.07. The molecule has 6 nitrogen and oxygen atoms in total. The smallest absolute Gasteiger partial charge is 0.335 e. The lowest BCUT2D eigenvalue weighted by molar-refractivity contribution is 0.0696. The third-order valence-electron chi connectivity index (χ3n) is 3.07. The maximum absolute atomic E-state index is 10.9. The largest absolute Gasteiger partial charge is 0.493 e. The Morgan fingerprint density at radius 3 is 2.71 bits per heavy atom. The molecular formula is C15H18N2O4. The molecule has 0 aliphatic heterocycles. The van der Waals surface area contributed by atoms with Crippen LogP contribution in [0.1, 0.15) is 28.7 Å². The lowest BCUT2D eigenvalue weighted by Gasteiger charge is -2.11. The number of aromatic nitrogens is 2. The number of aryl methyl sites for hydroxylation is 2. The number of carbonyl (C=O) groups is 1. The van der Waals surface area contributed by atoms with Gasteiger partial charge in [-0.25, -0.2) is 4.79 Å². The van der Waals surface area contributed by atoms with Crippen LogP contribution in [0.25, 0.3) is 0 Å². The van der Waals surface area contributed by atoms with Gasteiger partial charge in [0.25, 0.3) is 0 Å². The fourth-order valence-corrected chi connectivity index (χ4v) is 2.06. The first-order valence-electron chi connectivity index (χ1n) is 6.62. The highest BCUT2D eigenvalue weighted by atomic mass is 16.5. The summed E-state index contributed by atoms with van der Waals surface area (Å²) in [5.41, 5.74) is 2.05. The lowest BCUT2D eigenvalue weighted by atomic mass is 10.2. The SMILES string of the molecule is CCn1nc(C)cc1COc1ccc(C(=O)O)cc1OC. The molecule has 2 aromatic rings. The van der Waals surface area contributed by atoms with Crippen LogP contribution in [0, 0.1) is 6.92 Å². The maximum atomic E-state index is 10.9. The average molecular weight is 290 g/mol. The van der Waals surface area contributed by atoms with Crippen molar-refractivity contribution in [3.05, 3.63) is 41.2 Å². The molecule has 0 saturated heterocycles. The van der Waals surface area contributed by atoms with E-state index in [9.17, 15) is 4.79 Å². The maximum Gasteiger partial charge on any atom is 0.335 e. The molecule has 1 N–H and O–H groups in total. The first-order valence-corrected chi connectivity index (χ1v) is 6.62. The van der Waals surface area contributed by atoms with Crippen molar-refractivity contribution >= 4 is 5.97 Å². The summed E-state index contributed by atoms with van der Waals surface area (Å²) in [5, 5.41) is 13.3. The van der Waals surface area contributed by atoms with Crippen molar-refractivity contribution in [1.82, 2.24) is 9.78 Å². The van der Waals surface area contributed by atoms with Gasteiger partial charge < -0.3 is 14.6 Å². The van der Waals surface area contributed by atoms with Crippen molar-refractivity contribution in [2.24, 2.45) is 0 Å². The van der Waals surface area contributed by atoms with Gasteiger partial charge in [-0.05, 0) is 38.1 Å². The Morgan fingerprint density at radius 2 is 2.10 bits per heavy atom. The van der Waals surface area contributed by atoms with Crippen molar-refractivity contribution in [2.75, 3.05) is 7.11 Å². The summed E-state index contributed by atoms with van der Waals surface area (Å²) < 4.78 is 12.8. The second kappa shape index (κ2) is 6.30. The minimum Gasteiger partial charge on any atom is -0.493 e. The van der Waals surface area contributed by atoms with Crippen molar-refractivity contribution < 1.29 is 19.4 Å². The van der Waals surface area contributed by atoms with Gasteiger partial charge in [-0.2, -0.15) is 5.10 Å². The highest BCUT2D eigenvalue weighted by Gasteiger charge is 2.11. The molecule has 0 fully saturated rings. The van der Waals surface area contributed by atoms with Gasteiger partial charge in [0.2, 0.25) is 0 Å². The Hall–Kier alpha value is -2.50. The van der Waals surface area contributed by atoms with Gasteiger partial charge in [-0.1, -0.05) is 0 Å². The number of hydrogen-bond acceptors (Lipinski definition) is 4. The summed E-state index contributed by atoms with van der Waals surface area (Å²) in [5.74, 6) is -0.0993. The predicted octanol–water partition coefficient (Wildman–Crippen LogP) is 2.50. The number of rotatable bonds is 6. The van der Waals surface area contributed by atoms with Gasteiger partial charge in [0.05, 0.1) is 24.1 Å². The van der Waals surface area contributed by atoms with E-state index in [2.05, 4.69) is 5.10 Å². The fraction of sp³-hybridized carbons (Fsp3) is 0.333. The molecule has 2 rings (SSSR count). The number of carboxylic acid groups (broad SMARTS) is 1. The Morgan fingerprint density at radius 1 is 1.33 bits per heavy atom. The van der Waals surface area contributed by atoms with Crippen molar-refractivity contribution in [1.29, 1.82) is 0 Å². The van der Waals surface area contributed by atoms with Crippen LogP contribution in [0.5, 0.6) is 11.5 Å². The molecule has 1 aromatic carbocycles. The van der Waals surface area contributed by atoms with Gasteiger partial charge >= 0.3 is 5.97 Å². The van der Waals surface area contributed by atoms with E-state index >= 15 is 0 Å². The molecule has 1 aromatic heterocycles. The second-order valence-corrected chi connectivity index (χ2v) is 4.55. The van der Waals surface area contributed by atoms with Crippen LogP contribution in [0.4, 0.5) is 0 Å². The van der Waals surface area contributed by atoms with E-state index in [-0.39, 0.29) is 5.56 Å². The number of methoxy groups -OCH3 is 1. The molecule has 1 heterocycles. The molecule has 0 spiro atoms. The molecule has 0 atom stereocenters. The number of carboxylic acids is 1. The normalized spacial score (nSPS) is 10.4. The molecule has 0 bridgehead atoms. The summed E-state index contributed by atoms with van der Waals surface area (Å²) in [6.45, 7) is 5.05. The van der Waals surface area contributed by atoms with Crippen molar-refractivity contribution in [3.63, 3.8) is 0 Å². The number of benzene rings is 1. The summed E-state index contributed by atoms with van der Waals surface area (Å²) in [4.78, 5) is 10.9. The van der Waals surface area contributed by atoms with Gasteiger partial charge in [0.15, 0.2) is 11.5 Å². The Balaban J connectivity index is 2.17. The number of nitrogens with zero attached hydrogens (tertiary/aromatic N) is 2. The van der Waals surface area contributed by atoms with Crippen LogP contribution in [-0.4, -0.2) is 28.0 Å². The molecule has 0 saturated carbocycles. The van der Waals surface area contributed by atoms with E-state index in [0.717, 1.165) is 17.9 Å². The zero-order valence-electron chi connectivity index (χ0n) is 12.3. The number of ether oxygens (including phenoxy) is 2. The van der Waals surface area contributed by atoms with Gasteiger partial charge in [0.1, 0.15) is 6.61 Å². The van der Waals surface area contributed by atoms with E-state index in [4.69, 9.17) is 14.6 Å². The van der Waals surface area contributed by atoms with E-state index in [1.165, 1.54) is 19.2 Å². The highest BCUT2D eigenvalue weighted by molar-refractivity contribution is 5.88. The van der Waals surface area contributed by atoms with Crippen LogP contribution >= 0.6 is 0 Å². The topological polar surface area (TPSA) is 73.6 Å². The zero-order valence-corrected chi connectivity index (χ0v) is 12.3. The molecule has 0 radical (unpaired) electrons. The second-order valence-electron chi connectivity index (χ2n) is 4.55. The minimum atomic E-state index is -1.00. The van der Waals surface area contributed by atoms with Gasteiger partial charge in [0, 0.05) is 6.54 Å². The Labute approximate surface area is 122 Å². The van der Waals surface area contributed by atoms with Crippen LogP contribution in [-0.2, 0) is 13.2 Å². The standard InChI is InChI=1S/C15H18N2O4/c1-4-17-12(7-10(2)16-17)9-21-13-6-5-11(15(18)19)8-14(13)20-3/h5-8H,4,9H2,1-3H3,(H,18,19).